The predicted molar refractivity (Wildman–Crippen MR) is 62.8 cm³/mol. The number of benzene rings is 1. The van der Waals surface area contributed by atoms with E-state index >= 15 is 0 Å². The van der Waals surface area contributed by atoms with Gasteiger partial charge >= 0.3 is 5.69 Å². The molecule has 0 bridgehead atoms. The molecule has 0 radical (unpaired) electrons. The summed E-state index contributed by atoms with van der Waals surface area (Å²) in [7, 11) is 0. The maximum Gasteiger partial charge on any atom is 0.323 e. The molecule has 2 heterocycles. The predicted octanol–water partition coefficient (Wildman–Crippen LogP) is 0.926. The molecule has 5 heteroatoms. The number of ether oxygens (including phenoxy) is 1. The summed E-state index contributed by atoms with van der Waals surface area (Å²) in [5, 5.41) is 10.2. The molecule has 1 aromatic carbocycles. The van der Waals surface area contributed by atoms with Gasteiger partial charge in [-0.15, -0.1) is 0 Å². The third kappa shape index (κ3) is 1.87. The molecule has 1 aliphatic rings. The van der Waals surface area contributed by atoms with Crippen LogP contribution in [0.5, 0.6) is 0 Å². The van der Waals surface area contributed by atoms with Crippen molar-refractivity contribution in [1.82, 2.24) is 9.97 Å². The molecule has 0 spiro atoms. The maximum atomic E-state index is 11.1. The van der Waals surface area contributed by atoms with Crippen LogP contribution in [0.25, 0.3) is 11.0 Å². The molecule has 2 unspecified atom stereocenters. The van der Waals surface area contributed by atoms with Crippen LogP contribution in [0.2, 0.25) is 0 Å². The van der Waals surface area contributed by atoms with E-state index in [2.05, 4.69) is 9.97 Å². The first-order valence-electron chi connectivity index (χ1n) is 5.72. The molecule has 0 aliphatic carbocycles. The lowest BCUT2D eigenvalue weighted by atomic mass is 9.95. The highest BCUT2D eigenvalue weighted by atomic mass is 16.5. The van der Waals surface area contributed by atoms with Gasteiger partial charge in [0.25, 0.3) is 0 Å². The number of aromatic amines is 2. The topological polar surface area (TPSA) is 78.1 Å². The first-order valence-corrected chi connectivity index (χ1v) is 5.72. The molecular formula is C12H14N2O3. The number of rotatable bonds is 2. The number of imidazole rings is 1. The Balaban J connectivity index is 1.96. The monoisotopic (exact) mass is 234 g/mol. The molecule has 1 aromatic heterocycles. The highest BCUT2D eigenvalue weighted by Crippen LogP contribution is 2.29. The van der Waals surface area contributed by atoms with Crippen LogP contribution in [0.1, 0.15) is 18.1 Å². The van der Waals surface area contributed by atoms with Gasteiger partial charge in [0, 0.05) is 12.5 Å². The van der Waals surface area contributed by atoms with Gasteiger partial charge in [-0.05, 0) is 24.1 Å². The van der Waals surface area contributed by atoms with Crippen molar-refractivity contribution in [1.29, 1.82) is 0 Å². The SMILES string of the molecule is O=c1[nH]c2ccc(C(O)C3CCOC3)cc2[nH]1. The van der Waals surface area contributed by atoms with E-state index in [-0.39, 0.29) is 11.6 Å². The largest absolute Gasteiger partial charge is 0.388 e. The van der Waals surface area contributed by atoms with Gasteiger partial charge in [0.15, 0.2) is 0 Å². The third-order valence-electron chi connectivity index (χ3n) is 3.29. The summed E-state index contributed by atoms with van der Waals surface area (Å²) in [5.74, 6) is 0.151. The molecule has 3 rings (SSSR count). The van der Waals surface area contributed by atoms with E-state index in [1.165, 1.54) is 0 Å². The van der Waals surface area contributed by atoms with Gasteiger partial charge in [-0.3, -0.25) is 0 Å². The molecular weight excluding hydrogens is 220 g/mol. The van der Waals surface area contributed by atoms with Crippen LogP contribution in [0.15, 0.2) is 23.0 Å². The fourth-order valence-corrected chi connectivity index (χ4v) is 2.31. The standard InChI is InChI=1S/C12H14N2O3/c15-11(8-3-4-17-6-8)7-1-2-9-10(5-7)14-12(16)13-9/h1-2,5,8,11,15H,3-4,6H2,(H2,13,14,16). The minimum Gasteiger partial charge on any atom is -0.388 e. The zero-order valence-corrected chi connectivity index (χ0v) is 9.27. The molecule has 1 saturated heterocycles. The zero-order valence-electron chi connectivity index (χ0n) is 9.27. The lowest BCUT2D eigenvalue weighted by Gasteiger charge is -2.16. The molecule has 5 nitrogen and oxygen atoms in total. The van der Waals surface area contributed by atoms with Gasteiger partial charge in [-0.2, -0.15) is 0 Å². The Hall–Kier alpha value is -1.59. The Labute approximate surface area is 97.4 Å². The Morgan fingerprint density at radius 1 is 1.35 bits per heavy atom. The normalized spacial score (nSPS) is 22.1. The second-order valence-electron chi connectivity index (χ2n) is 4.45. The Morgan fingerprint density at radius 2 is 2.18 bits per heavy atom. The van der Waals surface area contributed by atoms with Crippen molar-refractivity contribution in [2.75, 3.05) is 13.2 Å². The number of H-pyrrole nitrogens is 2. The van der Waals surface area contributed by atoms with Crippen LogP contribution in [0, 0.1) is 5.92 Å². The van der Waals surface area contributed by atoms with Crippen LogP contribution in [-0.4, -0.2) is 28.3 Å². The van der Waals surface area contributed by atoms with Gasteiger partial charge in [0.05, 0.1) is 23.7 Å². The summed E-state index contributed by atoms with van der Waals surface area (Å²) >= 11 is 0. The van der Waals surface area contributed by atoms with Crippen molar-refractivity contribution < 1.29 is 9.84 Å². The average molecular weight is 234 g/mol. The van der Waals surface area contributed by atoms with Crippen LogP contribution in [0.3, 0.4) is 0 Å². The van der Waals surface area contributed by atoms with Crippen molar-refractivity contribution in [2.45, 2.75) is 12.5 Å². The number of fused-ring (bicyclic) bond motifs is 1. The number of aliphatic hydroxyl groups is 1. The highest BCUT2D eigenvalue weighted by molar-refractivity contribution is 5.75. The lowest BCUT2D eigenvalue weighted by Crippen LogP contribution is -2.12. The second kappa shape index (κ2) is 4.01. The number of aliphatic hydroxyl groups excluding tert-OH is 1. The van der Waals surface area contributed by atoms with Crippen LogP contribution in [0.4, 0.5) is 0 Å². The third-order valence-corrected chi connectivity index (χ3v) is 3.29. The molecule has 90 valence electrons. The molecule has 1 fully saturated rings. The zero-order chi connectivity index (χ0) is 11.8. The van der Waals surface area contributed by atoms with Crippen LogP contribution < -0.4 is 5.69 Å². The van der Waals surface area contributed by atoms with Crippen molar-refractivity contribution in [3.8, 4) is 0 Å². The maximum absolute atomic E-state index is 11.1. The first-order chi connectivity index (χ1) is 8.24. The Bertz CT molecular complexity index is 581. The lowest BCUT2D eigenvalue weighted by molar-refractivity contribution is 0.0919. The number of aromatic nitrogens is 2. The van der Waals surface area contributed by atoms with Crippen LogP contribution >= 0.6 is 0 Å². The van der Waals surface area contributed by atoms with E-state index in [0.29, 0.717) is 13.2 Å². The van der Waals surface area contributed by atoms with Gasteiger partial charge < -0.3 is 19.8 Å². The smallest absolute Gasteiger partial charge is 0.323 e. The van der Waals surface area contributed by atoms with Crippen molar-refractivity contribution in [3.05, 3.63) is 34.2 Å². The molecule has 3 N–H and O–H groups in total. The van der Waals surface area contributed by atoms with Gasteiger partial charge in [0.1, 0.15) is 0 Å². The quantitative estimate of drug-likeness (QED) is 0.723. The second-order valence-corrected chi connectivity index (χ2v) is 4.45. The molecule has 0 saturated carbocycles. The molecule has 1 aliphatic heterocycles. The molecule has 2 aromatic rings. The number of hydrogen-bond donors (Lipinski definition) is 3. The van der Waals surface area contributed by atoms with Crippen LogP contribution in [-0.2, 0) is 4.74 Å². The van der Waals surface area contributed by atoms with E-state index in [0.717, 1.165) is 23.0 Å². The van der Waals surface area contributed by atoms with Crippen molar-refractivity contribution >= 4 is 11.0 Å². The minimum atomic E-state index is -0.527. The summed E-state index contributed by atoms with van der Waals surface area (Å²) in [4.78, 5) is 16.5. The number of hydrogen-bond acceptors (Lipinski definition) is 3. The summed E-state index contributed by atoms with van der Waals surface area (Å²) in [6, 6.07) is 5.47. The van der Waals surface area contributed by atoms with E-state index in [9.17, 15) is 9.90 Å². The Morgan fingerprint density at radius 3 is 2.94 bits per heavy atom. The highest BCUT2D eigenvalue weighted by Gasteiger charge is 2.25. The summed E-state index contributed by atoms with van der Waals surface area (Å²) < 4.78 is 5.27. The van der Waals surface area contributed by atoms with E-state index in [4.69, 9.17) is 4.74 Å². The number of nitrogens with one attached hydrogen (secondary N) is 2. The van der Waals surface area contributed by atoms with E-state index in [1.807, 2.05) is 18.2 Å². The average Bonchev–Trinajstić information content (AvgIpc) is 2.94. The van der Waals surface area contributed by atoms with E-state index in [1.54, 1.807) is 0 Å². The molecule has 2 atom stereocenters. The summed E-state index contributed by atoms with van der Waals surface area (Å²) in [6.45, 7) is 1.31. The van der Waals surface area contributed by atoms with Crippen molar-refractivity contribution in [2.24, 2.45) is 5.92 Å². The summed E-state index contributed by atoms with van der Waals surface area (Å²) in [6.07, 6.45) is 0.350. The first kappa shape index (κ1) is 10.6. The fraction of sp³-hybridized carbons (Fsp3) is 0.417. The van der Waals surface area contributed by atoms with Gasteiger partial charge in [-0.1, -0.05) is 6.07 Å². The molecule has 17 heavy (non-hydrogen) atoms. The van der Waals surface area contributed by atoms with E-state index < -0.39 is 6.10 Å². The molecule has 0 amide bonds. The van der Waals surface area contributed by atoms with Gasteiger partial charge in [0.2, 0.25) is 0 Å². The van der Waals surface area contributed by atoms with Gasteiger partial charge in [-0.25, -0.2) is 4.79 Å². The minimum absolute atomic E-state index is 0.151. The van der Waals surface area contributed by atoms with Crippen molar-refractivity contribution in [3.63, 3.8) is 0 Å². The fourth-order valence-electron chi connectivity index (χ4n) is 2.31. The summed E-state index contributed by atoms with van der Waals surface area (Å²) in [5.41, 5.74) is 2.08. The Kier molecular flexibility index (Phi) is 2.49.